The molecule has 0 spiro atoms. The van der Waals surface area contributed by atoms with Crippen LogP contribution in [-0.4, -0.2) is 21.2 Å². The van der Waals surface area contributed by atoms with E-state index in [1.54, 1.807) is 0 Å². The lowest BCUT2D eigenvalue weighted by molar-refractivity contribution is 1.33. The summed E-state index contributed by atoms with van der Waals surface area (Å²) in [6, 6.07) is 20.0. The Kier molecular flexibility index (Phi) is 3.05. The second kappa shape index (κ2) is 5.33. The molecule has 0 atom stereocenters. The molecule has 0 saturated heterocycles. The van der Waals surface area contributed by atoms with E-state index >= 15 is 0 Å². The predicted molar refractivity (Wildman–Crippen MR) is 89.6 cm³/mol. The van der Waals surface area contributed by atoms with Gasteiger partial charge in [0.15, 0.2) is 0 Å². The first kappa shape index (κ1) is 12.6. The molecule has 0 saturated carbocycles. The molecule has 4 aromatic rings. The van der Waals surface area contributed by atoms with Gasteiger partial charge in [0.25, 0.3) is 0 Å². The highest BCUT2D eigenvalue weighted by atomic mass is 14.9. The van der Waals surface area contributed by atoms with E-state index in [1.165, 1.54) is 0 Å². The number of fused-ring (bicyclic) bond motifs is 1. The minimum Gasteiger partial charge on any atom is -0.360 e. The molecule has 0 amide bonds. The van der Waals surface area contributed by atoms with E-state index in [2.05, 4.69) is 19.9 Å². The quantitative estimate of drug-likeness (QED) is 0.542. The fraction of sp³-hybridized carbons (Fsp3) is 0. The molecule has 0 bridgehead atoms. The third kappa shape index (κ3) is 2.42. The molecule has 106 valence electrons. The molecule has 2 aromatic heterocycles. The van der Waals surface area contributed by atoms with Crippen molar-refractivity contribution >= 4 is 22.9 Å². The molecule has 0 unspecified atom stereocenters. The monoisotopic (exact) mass is 286 g/mol. The van der Waals surface area contributed by atoms with Gasteiger partial charge < -0.3 is 9.97 Å². The van der Waals surface area contributed by atoms with Gasteiger partial charge in [0, 0.05) is 11.8 Å². The van der Waals surface area contributed by atoms with Crippen molar-refractivity contribution in [3.8, 4) is 11.4 Å². The van der Waals surface area contributed by atoms with Crippen LogP contribution in [0.15, 0.2) is 71.9 Å². The fourth-order valence-corrected chi connectivity index (χ4v) is 2.36. The number of H-pyrrole nitrogens is 2. The maximum atomic E-state index is 4.60. The Morgan fingerprint density at radius 3 is 2.55 bits per heavy atom. The summed E-state index contributed by atoms with van der Waals surface area (Å²) in [5.74, 6) is 0.876. The van der Waals surface area contributed by atoms with Crippen LogP contribution in [0.3, 0.4) is 0 Å². The molecule has 4 rings (SSSR count). The zero-order valence-corrected chi connectivity index (χ0v) is 11.8. The number of hydrogen-bond donors (Lipinski definition) is 2. The number of benzene rings is 2. The Balaban J connectivity index is 1.61. The van der Waals surface area contributed by atoms with Gasteiger partial charge in [0.2, 0.25) is 0 Å². The molecule has 2 aromatic carbocycles. The molecule has 0 aliphatic heterocycles. The van der Waals surface area contributed by atoms with Crippen molar-refractivity contribution in [1.82, 2.24) is 15.0 Å². The maximum Gasteiger partial charge on any atom is 0.138 e. The van der Waals surface area contributed by atoms with Gasteiger partial charge in [-0.05, 0) is 48.5 Å². The number of imidazole rings is 1. The second-order valence-electron chi connectivity index (χ2n) is 5.03. The standard InChI is InChI=1S/C18H14N4/c1-2-6-17-16(5-1)21-18(22-17)13-7-9-14(10-8-13)20-12-15-4-3-11-19-15/h1-12,19H,(H,21,22). The summed E-state index contributed by atoms with van der Waals surface area (Å²) < 4.78 is 0. The number of rotatable bonds is 3. The molecule has 4 nitrogen and oxygen atoms in total. The molecule has 0 radical (unpaired) electrons. The van der Waals surface area contributed by atoms with E-state index in [-0.39, 0.29) is 0 Å². The van der Waals surface area contributed by atoms with Gasteiger partial charge in [-0.3, -0.25) is 4.99 Å². The van der Waals surface area contributed by atoms with Crippen LogP contribution in [0.2, 0.25) is 0 Å². The smallest absolute Gasteiger partial charge is 0.138 e. The molecular formula is C18H14N4. The van der Waals surface area contributed by atoms with Gasteiger partial charge in [0.1, 0.15) is 5.82 Å². The summed E-state index contributed by atoms with van der Waals surface area (Å²) in [5, 5.41) is 0. The SMILES string of the molecule is C(=Nc1ccc(-c2nc3ccccc3[nH]2)cc1)c1ccc[nH]1. The van der Waals surface area contributed by atoms with Gasteiger partial charge >= 0.3 is 0 Å². The molecule has 22 heavy (non-hydrogen) atoms. The van der Waals surface area contributed by atoms with Crippen LogP contribution < -0.4 is 0 Å². The number of aromatic nitrogens is 3. The third-order valence-corrected chi connectivity index (χ3v) is 3.50. The van der Waals surface area contributed by atoms with Crippen molar-refractivity contribution in [2.75, 3.05) is 0 Å². The third-order valence-electron chi connectivity index (χ3n) is 3.50. The van der Waals surface area contributed by atoms with Crippen molar-refractivity contribution in [1.29, 1.82) is 0 Å². The Hall–Kier alpha value is -3.14. The van der Waals surface area contributed by atoms with E-state index in [1.807, 2.05) is 73.1 Å². The van der Waals surface area contributed by atoms with Crippen molar-refractivity contribution in [3.63, 3.8) is 0 Å². The molecule has 0 aliphatic carbocycles. The van der Waals surface area contributed by atoms with Crippen molar-refractivity contribution < 1.29 is 0 Å². The lowest BCUT2D eigenvalue weighted by atomic mass is 10.2. The minimum absolute atomic E-state index is 0.876. The van der Waals surface area contributed by atoms with E-state index in [9.17, 15) is 0 Å². The Morgan fingerprint density at radius 2 is 1.77 bits per heavy atom. The number of hydrogen-bond acceptors (Lipinski definition) is 2. The van der Waals surface area contributed by atoms with Crippen LogP contribution >= 0.6 is 0 Å². The van der Waals surface area contributed by atoms with Crippen LogP contribution in [0.5, 0.6) is 0 Å². The lowest BCUT2D eigenvalue weighted by Gasteiger charge is -1.97. The molecule has 0 fully saturated rings. The summed E-state index contributed by atoms with van der Waals surface area (Å²) in [5.41, 5.74) is 4.98. The van der Waals surface area contributed by atoms with Crippen LogP contribution in [0.1, 0.15) is 5.69 Å². The van der Waals surface area contributed by atoms with E-state index in [0.29, 0.717) is 0 Å². The second-order valence-corrected chi connectivity index (χ2v) is 5.03. The first-order valence-corrected chi connectivity index (χ1v) is 7.11. The Morgan fingerprint density at radius 1 is 0.909 bits per heavy atom. The highest BCUT2D eigenvalue weighted by Crippen LogP contribution is 2.22. The number of nitrogens with one attached hydrogen (secondary N) is 2. The zero-order valence-electron chi connectivity index (χ0n) is 11.8. The summed E-state index contributed by atoms with van der Waals surface area (Å²) in [7, 11) is 0. The van der Waals surface area contributed by atoms with Crippen molar-refractivity contribution in [2.45, 2.75) is 0 Å². The first-order valence-electron chi connectivity index (χ1n) is 7.11. The van der Waals surface area contributed by atoms with Gasteiger partial charge in [-0.2, -0.15) is 0 Å². The zero-order chi connectivity index (χ0) is 14.8. The predicted octanol–water partition coefficient (Wildman–Crippen LogP) is 4.31. The van der Waals surface area contributed by atoms with Crippen molar-refractivity contribution in [2.24, 2.45) is 4.99 Å². The van der Waals surface area contributed by atoms with Crippen LogP contribution in [0.4, 0.5) is 5.69 Å². The number of aliphatic imine (C=N–C) groups is 1. The van der Waals surface area contributed by atoms with Crippen LogP contribution in [0.25, 0.3) is 22.4 Å². The Labute approximate surface area is 127 Å². The van der Waals surface area contributed by atoms with E-state index in [4.69, 9.17) is 0 Å². The van der Waals surface area contributed by atoms with Crippen molar-refractivity contribution in [3.05, 3.63) is 72.6 Å². The molecule has 2 heterocycles. The molecule has 0 aliphatic rings. The van der Waals surface area contributed by atoms with E-state index in [0.717, 1.165) is 33.8 Å². The summed E-state index contributed by atoms with van der Waals surface area (Å²) in [6.45, 7) is 0. The first-order chi connectivity index (χ1) is 10.9. The van der Waals surface area contributed by atoms with Gasteiger partial charge in [-0.25, -0.2) is 4.98 Å². The summed E-state index contributed by atoms with van der Waals surface area (Å²) >= 11 is 0. The number of para-hydroxylation sites is 2. The van der Waals surface area contributed by atoms with E-state index < -0.39 is 0 Å². The lowest BCUT2D eigenvalue weighted by Crippen LogP contribution is -1.80. The number of nitrogens with zero attached hydrogens (tertiary/aromatic N) is 2. The van der Waals surface area contributed by atoms with Gasteiger partial charge in [0.05, 0.1) is 28.6 Å². The maximum absolute atomic E-state index is 4.60. The highest BCUT2D eigenvalue weighted by molar-refractivity contribution is 5.81. The summed E-state index contributed by atoms with van der Waals surface area (Å²) in [4.78, 5) is 15.5. The van der Waals surface area contributed by atoms with Gasteiger partial charge in [-0.1, -0.05) is 12.1 Å². The normalized spacial score (nSPS) is 11.5. The number of aromatic amines is 2. The molecule has 4 heteroatoms. The minimum atomic E-state index is 0.876. The average Bonchev–Trinajstić information content (AvgIpc) is 3.22. The fourth-order valence-electron chi connectivity index (χ4n) is 2.36. The Bertz CT molecular complexity index is 882. The molecular weight excluding hydrogens is 272 g/mol. The van der Waals surface area contributed by atoms with Gasteiger partial charge in [-0.15, -0.1) is 0 Å². The van der Waals surface area contributed by atoms with Crippen LogP contribution in [0, 0.1) is 0 Å². The molecule has 2 N–H and O–H groups in total. The van der Waals surface area contributed by atoms with Crippen LogP contribution in [-0.2, 0) is 0 Å². The topological polar surface area (TPSA) is 56.8 Å². The summed E-state index contributed by atoms with van der Waals surface area (Å²) in [6.07, 6.45) is 3.70. The highest BCUT2D eigenvalue weighted by Gasteiger charge is 2.04. The average molecular weight is 286 g/mol. The largest absolute Gasteiger partial charge is 0.360 e.